The first kappa shape index (κ1) is 30.8. The second kappa shape index (κ2) is 10.7. The van der Waals surface area contributed by atoms with E-state index in [1.807, 2.05) is 35.6 Å². The molecule has 0 radical (unpaired) electrons. The third-order valence-electron chi connectivity index (χ3n) is 5.57. The summed E-state index contributed by atoms with van der Waals surface area (Å²) in [5, 5.41) is 1.66. The molecule has 38 heavy (non-hydrogen) atoms. The molecule has 0 spiro atoms. The van der Waals surface area contributed by atoms with E-state index in [0.29, 0.717) is 16.8 Å². The molecule has 0 saturated carbocycles. The second-order valence-corrected chi connectivity index (χ2v) is 18.7. The average molecular weight is 571 g/mol. The third-order valence-corrected chi connectivity index (χ3v) is 9.50. The molecule has 2 heterocycles. The van der Waals surface area contributed by atoms with Gasteiger partial charge in [0.05, 0.1) is 5.70 Å². The maximum atomic E-state index is 13.3. The number of hydrogen-bond acceptors (Lipinski definition) is 5. The van der Waals surface area contributed by atoms with Crippen LogP contribution in [0.1, 0.15) is 98.4 Å². The van der Waals surface area contributed by atoms with E-state index in [2.05, 4.69) is 95.2 Å². The molecule has 206 valence electrons. The van der Waals surface area contributed by atoms with Gasteiger partial charge in [0.25, 0.3) is 0 Å². The van der Waals surface area contributed by atoms with Gasteiger partial charge in [0.15, 0.2) is 16.0 Å². The number of hydrogen-bond donors (Lipinski definition) is 1. The summed E-state index contributed by atoms with van der Waals surface area (Å²) in [6.07, 6.45) is 7.86. The fourth-order valence-electron chi connectivity index (χ4n) is 3.70. The van der Waals surface area contributed by atoms with E-state index < -0.39 is 0 Å². The quantitative estimate of drug-likeness (QED) is 0.289. The standard InChI is InChI=1S/C32H43NO2S3/c1-29(2,3)23-15-19(16-24(36-23)30(4,5)6)13-21-27(33)22(28(21)34)14-20-17-25(37-31(7,8)9)35-26(18-20)38-32(10,11)12/h13-18H,1-12H3,(H-,33,34)/p+1/b21-13-. The predicted molar refractivity (Wildman–Crippen MR) is 170 cm³/mol. The van der Waals surface area contributed by atoms with Crippen molar-refractivity contribution in [3.8, 4) is 0 Å². The minimum Gasteiger partial charge on any atom is -0.444 e. The lowest BCUT2D eigenvalue weighted by molar-refractivity contribution is -0.112. The Bertz CT molecular complexity index is 1220. The molecule has 1 aromatic heterocycles. The SMILES string of the molecule is CC(C)(C)SC1=CC(=CC2=C(N)/C(=C/c3cc(C(C)(C)C)[s+]c(C(C)(C)C)c3)C2=O)C=C(SC(C)(C)C)O1. The Balaban J connectivity index is 2.02. The van der Waals surface area contributed by atoms with Crippen LogP contribution in [0.5, 0.6) is 0 Å². The molecule has 0 amide bonds. The first-order chi connectivity index (χ1) is 17.1. The lowest BCUT2D eigenvalue weighted by atomic mass is 9.83. The van der Waals surface area contributed by atoms with E-state index in [1.54, 1.807) is 23.5 Å². The van der Waals surface area contributed by atoms with Gasteiger partial charge in [-0.15, -0.1) is 0 Å². The van der Waals surface area contributed by atoms with Crippen LogP contribution in [0.25, 0.3) is 6.08 Å². The summed E-state index contributed by atoms with van der Waals surface area (Å²) in [7, 11) is 0. The van der Waals surface area contributed by atoms with Crippen LogP contribution in [0.15, 0.2) is 63.0 Å². The minimum absolute atomic E-state index is 0.000637. The van der Waals surface area contributed by atoms with Crippen molar-refractivity contribution in [1.29, 1.82) is 0 Å². The summed E-state index contributed by atoms with van der Waals surface area (Å²) >= 11 is 5.19. The molecule has 2 aliphatic rings. The normalized spacial score (nSPS) is 18.3. The van der Waals surface area contributed by atoms with E-state index in [9.17, 15) is 4.79 Å². The largest absolute Gasteiger partial charge is 0.444 e. The molecule has 2 N–H and O–H groups in total. The number of carbonyl (C=O) groups excluding carboxylic acids is 1. The van der Waals surface area contributed by atoms with Crippen LogP contribution in [-0.4, -0.2) is 15.3 Å². The maximum absolute atomic E-state index is 13.3. The highest BCUT2D eigenvalue weighted by Crippen LogP contribution is 2.43. The van der Waals surface area contributed by atoms with E-state index in [-0.39, 0.29) is 26.1 Å². The van der Waals surface area contributed by atoms with Crippen molar-refractivity contribution in [2.45, 2.75) is 103 Å². The molecule has 3 nitrogen and oxygen atoms in total. The smallest absolute Gasteiger partial charge is 0.219 e. The van der Waals surface area contributed by atoms with Gasteiger partial charge in [0.2, 0.25) is 21.1 Å². The molecule has 0 aromatic carbocycles. The van der Waals surface area contributed by atoms with Crippen LogP contribution in [0.2, 0.25) is 0 Å². The highest BCUT2D eigenvalue weighted by Gasteiger charge is 2.34. The molecule has 0 bridgehead atoms. The topological polar surface area (TPSA) is 52.3 Å². The Morgan fingerprint density at radius 1 is 0.763 bits per heavy atom. The zero-order valence-corrected chi connectivity index (χ0v) is 27.5. The lowest BCUT2D eigenvalue weighted by Crippen LogP contribution is -2.26. The fraction of sp³-hybridized carbons (Fsp3) is 0.500. The number of ketones is 1. The molecule has 0 atom stereocenters. The molecular weight excluding hydrogens is 527 g/mol. The Morgan fingerprint density at radius 2 is 1.21 bits per heavy atom. The van der Waals surface area contributed by atoms with Gasteiger partial charge >= 0.3 is 0 Å². The van der Waals surface area contributed by atoms with Crippen LogP contribution in [0, 0.1) is 0 Å². The number of thioether (sulfide) groups is 2. The van der Waals surface area contributed by atoms with Crippen LogP contribution in [0.4, 0.5) is 0 Å². The summed E-state index contributed by atoms with van der Waals surface area (Å²) in [5.74, 6) is -0.0134. The Kier molecular flexibility index (Phi) is 8.64. The van der Waals surface area contributed by atoms with Gasteiger partial charge in [-0.25, -0.2) is 0 Å². The highest BCUT2D eigenvalue weighted by molar-refractivity contribution is 8.05. The van der Waals surface area contributed by atoms with Crippen molar-refractivity contribution in [2.75, 3.05) is 0 Å². The molecule has 1 aliphatic heterocycles. The fourth-order valence-corrected chi connectivity index (χ4v) is 6.85. The Labute approximate surface area is 242 Å². The van der Waals surface area contributed by atoms with Crippen LogP contribution in [0.3, 0.4) is 0 Å². The summed E-state index contributed by atoms with van der Waals surface area (Å²) in [6, 6.07) is 4.39. The van der Waals surface area contributed by atoms with Crippen molar-refractivity contribution < 1.29 is 9.53 Å². The lowest BCUT2D eigenvalue weighted by Gasteiger charge is -2.27. The molecule has 0 unspecified atom stereocenters. The molecular formula is C32H44NO2S3+. The second-order valence-electron chi connectivity index (χ2n) is 13.9. The van der Waals surface area contributed by atoms with Gasteiger partial charge in [-0.05, 0) is 35.4 Å². The van der Waals surface area contributed by atoms with Crippen LogP contribution >= 0.6 is 34.9 Å². The van der Waals surface area contributed by atoms with Crippen molar-refractivity contribution in [3.63, 3.8) is 0 Å². The minimum atomic E-state index is -0.0134. The Morgan fingerprint density at radius 3 is 1.58 bits per heavy atom. The highest BCUT2D eigenvalue weighted by atomic mass is 32.2. The van der Waals surface area contributed by atoms with Crippen molar-refractivity contribution in [3.05, 3.63) is 78.3 Å². The molecule has 1 aromatic rings. The summed E-state index contributed by atoms with van der Waals surface area (Å²) in [5.41, 5.74) is 10.2. The molecule has 6 heteroatoms. The number of ether oxygens (including phenoxy) is 1. The van der Waals surface area contributed by atoms with Crippen LogP contribution in [-0.2, 0) is 20.4 Å². The Hall–Kier alpha value is -1.76. The maximum Gasteiger partial charge on any atom is 0.219 e. The summed E-state index contributed by atoms with van der Waals surface area (Å²) in [4.78, 5) is 15.9. The van der Waals surface area contributed by atoms with Crippen molar-refractivity contribution >= 4 is 46.7 Å². The molecule has 1 aliphatic carbocycles. The van der Waals surface area contributed by atoms with Crippen LogP contribution < -0.4 is 5.73 Å². The predicted octanol–water partition coefficient (Wildman–Crippen LogP) is 9.51. The van der Waals surface area contributed by atoms with E-state index >= 15 is 0 Å². The van der Waals surface area contributed by atoms with Crippen molar-refractivity contribution in [1.82, 2.24) is 0 Å². The zero-order valence-electron chi connectivity index (χ0n) is 25.1. The number of carbonyl (C=O) groups is 1. The van der Waals surface area contributed by atoms with Gasteiger partial charge in [-0.2, -0.15) is 0 Å². The van der Waals surface area contributed by atoms with E-state index in [4.69, 9.17) is 10.5 Å². The third kappa shape index (κ3) is 8.12. The van der Waals surface area contributed by atoms with Gasteiger partial charge < -0.3 is 10.5 Å². The monoisotopic (exact) mass is 570 g/mol. The molecule has 0 fully saturated rings. The summed E-state index contributed by atoms with van der Waals surface area (Å²) in [6.45, 7) is 26.3. The number of nitrogens with two attached hydrogens (primary N) is 1. The van der Waals surface area contributed by atoms with Gasteiger partial charge in [-0.3, -0.25) is 4.79 Å². The first-order valence-electron chi connectivity index (χ1n) is 13.1. The molecule has 3 rings (SSSR count). The summed E-state index contributed by atoms with van der Waals surface area (Å²) < 4.78 is 6.20. The van der Waals surface area contributed by atoms with E-state index in [0.717, 1.165) is 21.3 Å². The van der Waals surface area contributed by atoms with E-state index in [1.165, 1.54) is 9.75 Å². The average Bonchev–Trinajstić information content (AvgIpc) is 2.71. The van der Waals surface area contributed by atoms with Gasteiger partial charge in [-0.1, -0.05) is 107 Å². The van der Waals surface area contributed by atoms with Crippen molar-refractivity contribution in [2.24, 2.45) is 5.73 Å². The first-order valence-corrected chi connectivity index (χ1v) is 15.5. The zero-order chi connectivity index (χ0) is 28.8. The van der Waals surface area contributed by atoms with Gasteiger partial charge in [0, 0.05) is 43.6 Å². The number of Topliss-reactive ketones (excluding diaryl/α,β-unsaturated/α-hetero) is 1. The number of rotatable bonds is 4. The molecule has 0 saturated heterocycles. The van der Waals surface area contributed by atoms with Gasteiger partial charge in [0.1, 0.15) is 0 Å². The number of allylic oxidation sites excluding steroid dienone is 6.